The van der Waals surface area contributed by atoms with Gasteiger partial charge in [0.1, 0.15) is 6.33 Å². The van der Waals surface area contributed by atoms with Gasteiger partial charge in [-0.25, -0.2) is 0 Å². The van der Waals surface area contributed by atoms with Crippen molar-refractivity contribution in [1.29, 1.82) is 0 Å². The molecular formula is C16H21N7O. The summed E-state index contributed by atoms with van der Waals surface area (Å²) in [6.07, 6.45) is 5.18. The molecule has 1 saturated carbocycles. The average Bonchev–Trinajstić information content (AvgIpc) is 3.13. The largest absolute Gasteiger partial charge is 0.364 e. The number of aromatic nitrogens is 6. The Balaban J connectivity index is 1.61. The molecule has 3 aromatic heterocycles. The van der Waals surface area contributed by atoms with Gasteiger partial charge in [-0.3, -0.25) is 0 Å². The molecular weight excluding hydrogens is 306 g/mol. The van der Waals surface area contributed by atoms with Crippen LogP contribution in [-0.2, 0) is 6.54 Å². The Kier molecular flexibility index (Phi) is 3.66. The highest BCUT2D eigenvalue weighted by molar-refractivity contribution is 5.68. The molecule has 0 saturated heterocycles. The number of anilines is 1. The lowest BCUT2D eigenvalue weighted by Crippen LogP contribution is -2.19. The van der Waals surface area contributed by atoms with Crippen molar-refractivity contribution in [2.24, 2.45) is 0 Å². The zero-order chi connectivity index (χ0) is 16.7. The molecule has 3 heterocycles. The molecule has 8 heteroatoms. The molecule has 1 fully saturated rings. The number of hydrogen-bond donors (Lipinski definition) is 0. The van der Waals surface area contributed by atoms with Gasteiger partial charge in [0.15, 0.2) is 5.82 Å². The van der Waals surface area contributed by atoms with Gasteiger partial charge in [0.25, 0.3) is 0 Å². The number of hydrogen-bond acceptors (Lipinski definition) is 7. The Bertz CT molecular complexity index is 849. The van der Waals surface area contributed by atoms with Crippen LogP contribution in [0.25, 0.3) is 5.65 Å². The first-order valence-electron chi connectivity index (χ1n) is 8.36. The molecule has 4 rings (SSSR count). The fourth-order valence-electron chi connectivity index (χ4n) is 2.84. The van der Waals surface area contributed by atoms with Crippen molar-refractivity contribution in [3.63, 3.8) is 0 Å². The van der Waals surface area contributed by atoms with Crippen LogP contribution in [0, 0.1) is 0 Å². The summed E-state index contributed by atoms with van der Waals surface area (Å²) < 4.78 is 7.13. The number of fused-ring (bicyclic) bond motifs is 1. The fourth-order valence-corrected chi connectivity index (χ4v) is 2.84. The van der Waals surface area contributed by atoms with E-state index in [4.69, 9.17) is 4.52 Å². The molecule has 0 bridgehead atoms. The summed E-state index contributed by atoms with van der Waals surface area (Å²) >= 11 is 0. The Hall–Kier alpha value is -2.51. The van der Waals surface area contributed by atoms with Gasteiger partial charge in [-0.15, -0.1) is 10.2 Å². The average molecular weight is 327 g/mol. The first kappa shape index (κ1) is 15.0. The third-order valence-corrected chi connectivity index (χ3v) is 4.59. The van der Waals surface area contributed by atoms with Crippen molar-refractivity contribution in [2.45, 2.75) is 51.5 Å². The van der Waals surface area contributed by atoms with Gasteiger partial charge in [0.2, 0.25) is 11.5 Å². The molecule has 0 unspecified atom stereocenters. The molecule has 3 aromatic rings. The van der Waals surface area contributed by atoms with Crippen LogP contribution in [0.5, 0.6) is 0 Å². The predicted molar refractivity (Wildman–Crippen MR) is 87.9 cm³/mol. The molecule has 0 amide bonds. The van der Waals surface area contributed by atoms with E-state index in [2.05, 4.69) is 50.3 Å². The second kappa shape index (κ2) is 5.85. The zero-order valence-corrected chi connectivity index (χ0v) is 14.2. The van der Waals surface area contributed by atoms with E-state index in [9.17, 15) is 0 Å². The van der Waals surface area contributed by atoms with Gasteiger partial charge in [-0.1, -0.05) is 25.4 Å². The Morgan fingerprint density at radius 2 is 2.21 bits per heavy atom. The third-order valence-electron chi connectivity index (χ3n) is 4.59. The number of nitrogens with zero attached hydrogens (tertiary/aromatic N) is 7. The molecule has 0 N–H and O–H groups in total. The van der Waals surface area contributed by atoms with Crippen LogP contribution in [0.2, 0.25) is 0 Å². The maximum Gasteiger partial charge on any atom is 0.229 e. The summed E-state index contributed by atoms with van der Waals surface area (Å²) in [5.41, 5.74) is 2.68. The lowest BCUT2D eigenvalue weighted by Gasteiger charge is -2.20. The van der Waals surface area contributed by atoms with Crippen LogP contribution in [0.4, 0.5) is 5.69 Å². The molecule has 0 atom stereocenters. The molecule has 1 aliphatic rings. The lowest BCUT2D eigenvalue weighted by atomic mass is 9.85. The highest BCUT2D eigenvalue weighted by Gasteiger charge is 2.25. The van der Waals surface area contributed by atoms with E-state index in [0.29, 0.717) is 24.2 Å². The van der Waals surface area contributed by atoms with E-state index in [-0.39, 0.29) is 0 Å². The topological polar surface area (TPSA) is 85.2 Å². The lowest BCUT2D eigenvalue weighted by molar-refractivity contribution is 0.291. The summed E-state index contributed by atoms with van der Waals surface area (Å²) in [6.45, 7) is 4.79. The van der Waals surface area contributed by atoms with Crippen LogP contribution in [0.3, 0.4) is 0 Å². The Morgan fingerprint density at radius 1 is 1.38 bits per heavy atom. The van der Waals surface area contributed by atoms with Crippen LogP contribution in [0.15, 0.2) is 16.9 Å². The number of rotatable bonds is 5. The molecule has 1 aliphatic carbocycles. The van der Waals surface area contributed by atoms with Gasteiger partial charge in [-0.2, -0.15) is 14.6 Å². The van der Waals surface area contributed by atoms with E-state index in [1.54, 1.807) is 10.8 Å². The van der Waals surface area contributed by atoms with Crippen molar-refractivity contribution in [3.05, 3.63) is 29.8 Å². The molecule has 0 spiro atoms. The molecule has 8 nitrogen and oxygen atoms in total. The standard InChI is InChI=1S/C16H21N7O/c1-10(2)12-7-13(15-19-17-9-23(15)20-12)22(3)8-14-18-16(24-21-14)11-5-4-6-11/h7,9-11H,4-6,8H2,1-3H3. The minimum Gasteiger partial charge on any atom is -0.364 e. The summed E-state index contributed by atoms with van der Waals surface area (Å²) in [6, 6.07) is 2.06. The molecule has 0 aliphatic heterocycles. The van der Waals surface area contributed by atoms with Crippen molar-refractivity contribution in [1.82, 2.24) is 30.0 Å². The van der Waals surface area contributed by atoms with Crippen LogP contribution >= 0.6 is 0 Å². The zero-order valence-electron chi connectivity index (χ0n) is 14.2. The van der Waals surface area contributed by atoms with Crippen molar-refractivity contribution >= 4 is 11.3 Å². The predicted octanol–water partition coefficient (Wildman–Crippen LogP) is 2.53. The van der Waals surface area contributed by atoms with Gasteiger partial charge in [-0.05, 0) is 24.8 Å². The highest BCUT2D eigenvalue weighted by Crippen LogP contribution is 2.35. The quantitative estimate of drug-likeness (QED) is 0.711. The fraction of sp³-hybridized carbons (Fsp3) is 0.562. The SMILES string of the molecule is CC(C)c1cc(N(C)Cc2noc(C3CCC3)n2)c2nncn2n1. The summed E-state index contributed by atoms with van der Waals surface area (Å²) in [7, 11) is 1.99. The van der Waals surface area contributed by atoms with E-state index in [1.165, 1.54) is 6.42 Å². The second-order valence-electron chi connectivity index (χ2n) is 6.74. The van der Waals surface area contributed by atoms with E-state index >= 15 is 0 Å². The van der Waals surface area contributed by atoms with Gasteiger partial charge in [0, 0.05) is 13.0 Å². The molecule has 24 heavy (non-hydrogen) atoms. The van der Waals surface area contributed by atoms with Crippen LogP contribution in [0.1, 0.15) is 62.4 Å². The first-order valence-corrected chi connectivity index (χ1v) is 8.36. The minimum absolute atomic E-state index is 0.319. The third kappa shape index (κ3) is 2.61. The maximum absolute atomic E-state index is 5.41. The summed E-state index contributed by atoms with van der Waals surface area (Å²) in [4.78, 5) is 6.61. The Morgan fingerprint density at radius 3 is 2.92 bits per heavy atom. The van der Waals surface area contributed by atoms with Gasteiger partial charge in [0.05, 0.1) is 17.9 Å². The summed E-state index contributed by atoms with van der Waals surface area (Å²) in [5, 5.41) is 16.8. The smallest absolute Gasteiger partial charge is 0.229 e. The second-order valence-corrected chi connectivity index (χ2v) is 6.74. The Labute approximate surface area is 139 Å². The molecule has 126 valence electrons. The van der Waals surface area contributed by atoms with E-state index in [0.717, 1.165) is 35.8 Å². The van der Waals surface area contributed by atoms with Gasteiger partial charge < -0.3 is 9.42 Å². The van der Waals surface area contributed by atoms with Crippen LogP contribution in [-0.4, -0.2) is 37.0 Å². The van der Waals surface area contributed by atoms with Crippen LogP contribution < -0.4 is 4.90 Å². The van der Waals surface area contributed by atoms with Gasteiger partial charge >= 0.3 is 0 Å². The van der Waals surface area contributed by atoms with Crippen molar-refractivity contribution < 1.29 is 4.52 Å². The highest BCUT2D eigenvalue weighted by atomic mass is 16.5. The monoisotopic (exact) mass is 327 g/mol. The van der Waals surface area contributed by atoms with E-state index < -0.39 is 0 Å². The van der Waals surface area contributed by atoms with Crippen molar-refractivity contribution in [3.8, 4) is 0 Å². The minimum atomic E-state index is 0.319. The molecule has 0 aromatic carbocycles. The summed E-state index contributed by atoms with van der Waals surface area (Å²) in [5.74, 6) is 2.24. The first-order chi connectivity index (χ1) is 11.6. The van der Waals surface area contributed by atoms with E-state index in [1.807, 2.05) is 7.05 Å². The van der Waals surface area contributed by atoms with Crippen molar-refractivity contribution in [2.75, 3.05) is 11.9 Å². The normalized spacial score (nSPS) is 15.2. The maximum atomic E-state index is 5.41. The molecule has 0 radical (unpaired) electrons.